The van der Waals surface area contributed by atoms with Crippen molar-refractivity contribution < 1.29 is 4.57 Å². The Bertz CT molecular complexity index is 1520. The Morgan fingerprint density at radius 3 is 1.86 bits per heavy atom. The molecule has 178 valence electrons. The van der Waals surface area contributed by atoms with Crippen LogP contribution in [0.4, 0.5) is 5.69 Å². The number of H-pyrrole nitrogens is 1. The molecule has 0 radical (unpaired) electrons. The Hall–Kier alpha value is -3.56. The first-order chi connectivity index (χ1) is 17.5. The monoisotopic (exact) mass is 529 g/mol. The van der Waals surface area contributed by atoms with E-state index in [1.807, 2.05) is 109 Å². The molecule has 0 fully saturated rings. The van der Waals surface area contributed by atoms with Crippen molar-refractivity contribution in [3.05, 3.63) is 132 Å². The molecule has 1 aromatic heterocycles. The van der Waals surface area contributed by atoms with E-state index in [1.165, 1.54) is 0 Å². The van der Waals surface area contributed by atoms with Crippen LogP contribution in [0, 0.1) is 0 Å². The molecule has 4 nitrogen and oxygen atoms in total. The second-order valence-electron chi connectivity index (χ2n) is 8.16. The van der Waals surface area contributed by atoms with E-state index in [2.05, 4.69) is 10.1 Å². The standard InChI is InChI=1S/C29H22Cl2N3OP/c30-24(21-11-3-1-4-12-21)19-36(35,20-25(31)22-13-5-2-6-14-22)34-26-16-8-7-15-23(26)29-32-27-17-9-10-18-28(27)33-29/h1-20H,(H,32,33)(H,34,35). The highest BCUT2D eigenvalue weighted by Gasteiger charge is 2.22. The van der Waals surface area contributed by atoms with E-state index in [0.29, 0.717) is 21.6 Å². The van der Waals surface area contributed by atoms with Crippen LogP contribution < -0.4 is 5.09 Å². The predicted molar refractivity (Wildman–Crippen MR) is 153 cm³/mol. The number of imidazole rings is 1. The third-order valence-electron chi connectivity index (χ3n) is 5.58. The van der Waals surface area contributed by atoms with Crippen molar-refractivity contribution in [3.8, 4) is 11.4 Å². The fraction of sp³-hybridized carbons (Fsp3) is 0. The SMILES string of the molecule is O=P(C=C(Cl)c1ccccc1)(C=C(Cl)c1ccccc1)Nc1ccccc1-c1nc2ccccc2[nH]1. The fourth-order valence-electron chi connectivity index (χ4n) is 3.84. The minimum atomic E-state index is -3.45. The first-order valence-electron chi connectivity index (χ1n) is 11.3. The number of fused-ring (bicyclic) bond motifs is 1. The molecule has 2 N–H and O–H groups in total. The quantitative estimate of drug-likeness (QED) is 0.206. The van der Waals surface area contributed by atoms with Crippen molar-refractivity contribution in [3.63, 3.8) is 0 Å². The van der Waals surface area contributed by atoms with Crippen molar-refractivity contribution in [2.45, 2.75) is 0 Å². The van der Waals surface area contributed by atoms with E-state index >= 15 is 0 Å². The third kappa shape index (κ3) is 5.47. The molecule has 5 rings (SSSR count). The van der Waals surface area contributed by atoms with E-state index in [0.717, 1.165) is 27.7 Å². The van der Waals surface area contributed by atoms with Crippen LogP contribution in [0.25, 0.3) is 32.5 Å². The maximum absolute atomic E-state index is 14.4. The highest BCUT2D eigenvalue weighted by molar-refractivity contribution is 7.72. The van der Waals surface area contributed by atoms with E-state index in [-0.39, 0.29) is 0 Å². The number of nitrogens with one attached hydrogen (secondary N) is 2. The largest absolute Gasteiger partial charge is 0.338 e. The van der Waals surface area contributed by atoms with Crippen molar-refractivity contribution in [1.29, 1.82) is 0 Å². The molecule has 0 spiro atoms. The average molecular weight is 530 g/mol. The lowest BCUT2D eigenvalue weighted by molar-refractivity contribution is 0.589. The lowest BCUT2D eigenvalue weighted by atomic mass is 10.2. The van der Waals surface area contributed by atoms with E-state index in [4.69, 9.17) is 28.2 Å². The van der Waals surface area contributed by atoms with Gasteiger partial charge in [0.25, 0.3) is 0 Å². The second-order valence-corrected chi connectivity index (χ2v) is 11.1. The number of benzene rings is 4. The summed E-state index contributed by atoms with van der Waals surface area (Å²) in [7, 11) is -3.45. The van der Waals surface area contributed by atoms with E-state index in [1.54, 1.807) is 11.6 Å². The van der Waals surface area contributed by atoms with E-state index < -0.39 is 7.29 Å². The molecule has 36 heavy (non-hydrogen) atoms. The number of hydrogen-bond acceptors (Lipinski definition) is 2. The van der Waals surface area contributed by atoms with Gasteiger partial charge in [0.05, 0.1) is 26.8 Å². The number of halogens is 2. The van der Waals surface area contributed by atoms with Gasteiger partial charge in [-0.15, -0.1) is 0 Å². The van der Waals surface area contributed by atoms with Gasteiger partial charge in [-0.1, -0.05) is 108 Å². The number of hydrogen-bond donors (Lipinski definition) is 2. The first kappa shape index (κ1) is 24.1. The first-order valence-corrected chi connectivity index (χ1v) is 13.9. The number of aromatic nitrogens is 2. The van der Waals surface area contributed by atoms with Crippen LogP contribution in [-0.4, -0.2) is 9.97 Å². The lowest BCUT2D eigenvalue weighted by Gasteiger charge is -2.18. The van der Waals surface area contributed by atoms with Crippen molar-refractivity contribution in [2.24, 2.45) is 0 Å². The molecule has 0 aliphatic heterocycles. The number of nitrogens with zero attached hydrogens (tertiary/aromatic N) is 1. The van der Waals surface area contributed by atoms with Gasteiger partial charge in [0.2, 0.25) is 7.29 Å². The molecule has 0 aliphatic carbocycles. The molecule has 7 heteroatoms. The van der Waals surface area contributed by atoms with Crippen LogP contribution in [0.15, 0.2) is 121 Å². The van der Waals surface area contributed by atoms with Crippen LogP contribution in [0.5, 0.6) is 0 Å². The number of para-hydroxylation sites is 3. The Kier molecular flexibility index (Phi) is 7.11. The maximum atomic E-state index is 14.4. The van der Waals surface area contributed by atoms with Crippen molar-refractivity contribution >= 4 is 57.3 Å². The summed E-state index contributed by atoms with van der Waals surface area (Å²) in [5, 5.41) is 3.97. The minimum Gasteiger partial charge on any atom is -0.338 e. The van der Waals surface area contributed by atoms with Gasteiger partial charge in [0.1, 0.15) is 5.82 Å². The topological polar surface area (TPSA) is 57.8 Å². The average Bonchev–Trinajstić information content (AvgIpc) is 3.34. The van der Waals surface area contributed by atoms with Crippen LogP contribution in [0.3, 0.4) is 0 Å². The predicted octanol–water partition coefficient (Wildman–Crippen LogP) is 9.39. The van der Waals surface area contributed by atoms with Gasteiger partial charge in [0, 0.05) is 17.2 Å². The highest BCUT2D eigenvalue weighted by Crippen LogP contribution is 2.54. The number of anilines is 1. The van der Waals surface area contributed by atoms with Gasteiger partial charge in [-0.25, -0.2) is 4.98 Å². The van der Waals surface area contributed by atoms with Gasteiger partial charge >= 0.3 is 0 Å². The van der Waals surface area contributed by atoms with Crippen LogP contribution >= 0.6 is 30.5 Å². The zero-order chi connectivity index (χ0) is 25.0. The Morgan fingerprint density at radius 2 is 1.25 bits per heavy atom. The molecule has 0 aliphatic rings. The van der Waals surface area contributed by atoms with Gasteiger partial charge in [-0.2, -0.15) is 0 Å². The highest BCUT2D eigenvalue weighted by atomic mass is 35.5. The zero-order valence-corrected chi connectivity index (χ0v) is 21.5. The smallest absolute Gasteiger partial charge is 0.216 e. The second kappa shape index (κ2) is 10.6. The van der Waals surface area contributed by atoms with Gasteiger partial charge < -0.3 is 10.1 Å². The number of rotatable bonds is 7. The van der Waals surface area contributed by atoms with Gasteiger partial charge in [-0.3, -0.25) is 4.57 Å². The van der Waals surface area contributed by atoms with Crippen LogP contribution in [0.1, 0.15) is 11.1 Å². The summed E-state index contributed by atoms with van der Waals surface area (Å²) in [6, 6.07) is 34.2. The number of aromatic amines is 1. The summed E-state index contributed by atoms with van der Waals surface area (Å²) in [5.41, 5.74) is 4.71. The molecule has 0 saturated heterocycles. The molecule has 1 heterocycles. The summed E-state index contributed by atoms with van der Waals surface area (Å²) in [4.78, 5) is 8.07. The molecule has 0 atom stereocenters. The lowest BCUT2D eigenvalue weighted by Crippen LogP contribution is -1.97. The van der Waals surface area contributed by atoms with Crippen LogP contribution in [-0.2, 0) is 4.57 Å². The third-order valence-corrected chi connectivity index (χ3v) is 8.41. The molecular weight excluding hydrogens is 508 g/mol. The zero-order valence-electron chi connectivity index (χ0n) is 19.1. The Balaban J connectivity index is 1.60. The van der Waals surface area contributed by atoms with Gasteiger partial charge in [0.15, 0.2) is 0 Å². The molecule has 4 aromatic carbocycles. The van der Waals surface area contributed by atoms with Crippen molar-refractivity contribution in [2.75, 3.05) is 5.09 Å². The summed E-state index contributed by atoms with van der Waals surface area (Å²) >= 11 is 13.3. The summed E-state index contributed by atoms with van der Waals surface area (Å²) in [6.07, 6.45) is 0. The summed E-state index contributed by atoms with van der Waals surface area (Å²) in [5.74, 6) is 3.76. The molecule has 0 saturated carbocycles. The summed E-state index contributed by atoms with van der Waals surface area (Å²) < 4.78 is 14.4. The molecule has 5 aromatic rings. The minimum absolute atomic E-state index is 0.362. The molecule has 0 amide bonds. The van der Waals surface area contributed by atoms with Gasteiger partial charge in [-0.05, 0) is 35.4 Å². The fourth-order valence-corrected chi connectivity index (χ4v) is 6.71. The summed E-state index contributed by atoms with van der Waals surface area (Å²) in [6.45, 7) is 0. The molecule has 0 unspecified atom stereocenters. The normalized spacial score (nSPS) is 13.9. The Labute approximate surface area is 219 Å². The van der Waals surface area contributed by atoms with Crippen LogP contribution in [0.2, 0.25) is 0 Å². The Morgan fingerprint density at radius 1 is 0.722 bits per heavy atom. The molecular formula is C29H22Cl2N3OP. The maximum Gasteiger partial charge on any atom is 0.216 e. The van der Waals surface area contributed by atoms with Crippen molar-refractivity contribution in [1.82, 2.24) is 9.97 Å². The molecule has 0 bridgehead atoms. The van der Waals surface area contributed by atoms with E-state index in [9.17, 15) is 4.57 Å².